The predicted octanol–water partition coefficient (Wildman–Crippen LogP) is 4.37. The lowest BCUT2D eigenvalue weighted by atomic mass is 9.79. The van der Waals surface area contributed by atoms with Crippen LogP contribution < -0.4 is 5.32 Å². The van der Waals surface area contributed by atoms with E-state index in [-0.39, 0.29) is 0 Å². The lowest BCUT2D eigenvalue weighted by Crippen LogP contribution is -2.39. The Labute approximate surface area is 108 Å². The lowest BCUT2D eigenvalue weighted by molar-refractivity contribution is 0.221. The molecule has 3 atom stereocenters. The minimum atomic E-state index is 0.815. The summed E-state index contributed by atoms with van der Waals surface area (Å²) in [6.07, 6.45) is 13.2. The highest BCUT2D eigenvalue weighted by Gasteiger charge is 2.24. The van der Waals surface area contributed by atoms with Gasteiger partial charge in [0.15, 0.2) is 0 Å². The molecule has 0 spiro atoms. The summed E-state index contributed by atoms with van der Waals surface area (Å²) in [5, 5.41) is 3.84. The maximum Gasteiger partial charge on any atom is 0.00928 e. The smallest absolute Gasteiger partial charge is 0.00928 e. The highest BCUT2D eigenvalue weighted by atomic mass is 14.9. The molecule has 0 amide bonds. The van der Waals surface area contributed by atoms with Crippen LogP contribution in [0.15, 0.2) is 0 Å². The van der Waals surface area contributed by atoms with Crippen LogP contribution in [0.1, 0.15) is 71.6 Å². The van der Waals surface area contributed by atoms with Crippen LogP contribution in [0.3, 0.4) is 0 Å². The molecule has 2 rings (SSSR count). The minimum absolute atomic E-state index is 0.815. The second kappa shape index (κ2) is 6.78. The van der Waals surface area contributed by atoms with E-state index in [2.05, 4.69) is 19.2 Å². The van der Waals surface area contributed by atoms with E-state index in [0.29, 0.717) is 0 Å². The second-order valence-electron chi connectivity index (χ2n) is 6.75. The van der Waals surface area contributed by atoms with Crippen molar-refractivity contribution in [2.24, 2.45) is 17.8 Å². The Kier molecular flexibility index (Phi) is 5.34. The molecule has 2 aliphatic rings. The fourth-order valence-corrected chi connectivity index (χ4v) is 3.92. The van der Waals surface area contributed by atoms with E-state index >= 15 is 0 Å². The van der Waals surface area contributed by atoms with E-state index in [0.717, 1.165) is 23.8 Å². The Morgan fingerprint density at radius 1 is 0.941 bits per heavy atom. The van der Waals surface area contributed by atoms with Gasteiger partial charge in [-0.15, -0.1) is 0 Å². The Morgan fingerprint density at radius 3 is 2.41 bits per heavy atom. The van der Waals surface area contributed by atoms with Crippen molar-refractivity contribution in [3.05, 3.63) is 0 Å². The summed E-state index contributed by atoms with van der Waals surface area (Å²) in [4.78, 5) is 0. The number of hydrogen-bond donors (Lipinski definition) is 1. The molecule has 1 heteroatoms. The maximum absolute atomic E-state index is 3.84. The number of rotatable bonds is 4. The van der Waals surface area contributed by atoms with Crippen LogP contribution in [0.5, 0.6) is 0 Å². The monoisotopic (exact) mass is 237 g/mol. The standard InChI is InChI=1S/C16H31N/c1-13-8-9-16(14(2)12-13)17-11-10-15-6-4-3-5-7-15/h13-17H,3-12H2,1-2H3. The zero-order valence-corrected chi connectivity index (χ0v) is 11.9. The summed E-state index contributed by atoms with van der Waals surface area (Å²) in [5.41, 5.74) is 0. The highest BCUT2D eigenvalue weighted by Crippen LogP contribution is 2.29. The van der Waals surface area contributed by atoms with Crippen molar-refractivity contribution in [1.82, 2.24) is 5.32 Å². The number of hydrogen-bond acceptors (Lipinski definition) is 1. The third-order valence-electron chi connectivity index (χ3n) is 5.12. The first kappa shape index (κ1) is 13.4. The molecule has 0 aromatic carbocycles. The highest BCUT2D eigenvalue weighted by molar-refractivity contribution is 4.81. The Bertz CT molecular complexity index is 208. The molecule has 3 unspecified atom stereocenters. The molecule has 2 aliphatic carbocycles. The molecule has 0 heterocycles. The SMILES string of the molecule is CC1CCC(NCCC2CCCCC2)C(C)C1. The van der Waals surface area contributed by atoms with Crippen LogP contribution in [0, 0.1) is 17.8 Å². The van der Waals surface area contributed by atoms with E-state index in [1.54, 1.807) is 0 Å². The van der Waals surface area contributed by atoms with Crippen molar-refractivity contribution >= 4 is 0 Å². The van der Waals surface area contributed by atoms with Gasteiger partial charge in [-0.25, -0.2) is 0 Å². The van der Waals surface area contributed by atoms with E-state index in [1.807, 2.05) is 0 Å². The molecule has 0 radical (unpaired) electrons. The summed E-state index contributed by atoms with van der Waals surface area (Å²) in [5.74, 6) is 2.89. The van der Waals surface area contributed by atoms with E-state index in [9.17, 15) is 0 Å². The lowest BCUT2D eigenvalue weighted by Gasteiger charge is -2.34. The van der Waals surface area contributed by atoms with Crippen LogP contribution in [0.25, 0.3) is 0 Å². The van der Waals surface area contributed by atoms with Crippen molar-refractivity contribution in [1.29, 1.82) is 0 Å². The summed E-state index contributed by atoms with van der Waals surface area (Å²) in [6.45, 7) is 6.12. The Hall–Kier alpha value is -0.0400. The van der Waals surface area contributed by atoms with Crippen LogP contribution >= 0.6 is 0 Å². The molecule has 100 valence electrons. The predicted molar refractivity (Wildman–Crippen MR) is 75.2 cm³/mol. The van der Waals surface area contributed by atoms with Crippen molar-refractivity contribution < 1.29 is 0 Å². The summed E-state index contributed by atoms with van der Waals surface area (Å²) in [6, 6.07) is 0.815. The normalized spacial score (nSPS) is 36.0. The van der Waals surface area contributed by atoms with E-state index in [4.69, 9.17) is 0 Å². The molecule has 2 fully saturated rings. The van der Waals surface area contributed by atoms with Gasteiger partial charge in [-0.1, -0.05) is 46.0 Å². The fourth-order valence-electron chi connectivity index (χ4n) is 3.92. The molecule has 0 aromatic rings. The van der Waals surface area contributed by atoms with Gasteiger partial charge in [-0.05, 0) is 50.0 Å². The van der Waals surface area contributed by atoms with E-state index in [1.165, 1.54) is 64.3 Å². The Morgan fingerprint density at radius 2 is 1.71 bits per heavy atom. The van der Waals surface area contributed by atoms with Gasteiger partial charge in [0.2, 0.25) is 0 Å². The Balaban J connectivity index is 1.61. The van der Waals surface area contributed by atoms with Crippen molar-refractivity contribution in [2.75, 3.05) is 6.54 Å². The molecular weight excluding hydrogens is 206 g/mol. The summed E-state index contributed by atoms with van der Waals surface area (Å²) >= 11 is 0. The average Bonchev–Trinajstić information content (AvgIpc) is 2.33. The molecule has 1 N–H and O–H groups in total. The van der Waals surface area contributed by atoms with Gasteiger partial charge in [0.05, 0.1) is 0 Å². The van der Waals surface area contributed by atoms with Crippen molar-refractivity contribution in [3.63, 3.8) is 0 Å². The van der Waals surface area contributed by atoms with Crippen molar-refractivity contribution in [2.45, 2.75) is 77.7 Å². The topological polar surface area (TPSA) is 12.0 Å². The van der Waals surface area contributed by atoms with Crippen LogP contribution in [0.2, 0.25) is 0 Å². The summed E-state index contributed by atoms with van der Waals surface area (Å²) in [7, 11) is 0. The van der Waals surface area contributed by atoms with Gasteiger partial charge >= 0.3 is 0 Å². The van der Waals surface area contributed by atoms with E-state index < -0.39 is 0 Å². The third kappa shape index (κ3) is 4.28. The molecule has 17 heavy (non-hydrogen) atoms. The first-order valence-corrected chi connectivity index (χ1v) is 7.99. The van der Waals surface area contributed by atoms with Crippen LogP contribution in [-0.4, -0.2) is 12.6 Å². The largest absolute Gasteiger partial charge is 0.314 e. The molecule has 2 saturated carbocycles. The van der Waals surface area contributed by atoms with Gasteiger partial charge in [-0.2, -0.15) is 0 Å². The van der Waals surface area contributed by atoms with Gasteiger partial charge in [0.25, 0.3) is 0 Å². The van der Waals surface area contributed by atoms with Gasteiger partial charge in [0.1, 0.15) is 0 Å². The minimum Gasteiger partial charge on any atom is -0.314 e. The van der Waals surface area contributed by atoms with Gasteiger partial charge in [-0.3, -0.25) is 0 Å². The molecule has 0 aromatic heterocycles. The first-order chi connectivity index (χ1) is 8.25. The molecule has 1 nitrogen and oxygen atoms in total. The maximum atomic E-state index is 3.84. The van der Waals surface area contributed by atoms with Crippen molar-refractivity contribution in [3.8, 4) is 0 Å². The fraction of sp³-hybridized carbons (Fsp3) is 1.00. The third-order valence-corrected chi connectivity index (χ3v) is 5.12. The number of nitrogens with one attached hydrogen (secondary N) is 1. The zero-order valence-electron chi connectivity index (χ0n) is 11.9. The second-order valence-corrected chi connectivity index (χ2v) is 6.75. The molecule has 0 saturated heterocycles. The molecule has 0 aliphatic heterocycles. The van der Waals surface area contributed by atoms with Gasteiger partial charge in [0, 0.05) is 6.04 Å². The average molecular weight is 237 g/mol. The van der Waals surface area contributed by atoms with Crippen LogP contribution in [-0.2, 0) is 0 Å². The summed E-state index contributed by atoms with van der Waals surface area (Å²) < 4.78 is 0. The zero-order chi connectivity index (χ0) is 12.1. The quantitative estimate of drug-likeness (QED) is 0.765. The van der Waals surface area contributed by atoms with Crippen LogP contribution in [0.4, 0.5) is 0 Å². The van der Waals surface area contributed by atoms with Gasteiger partial charge < -0.3 is 5.32 Å². The first-order valence-electron chi connectivity index (χ1n) is 7.99. The molecular formula is C16H31N. The molecule has 0 bridgehead atoms.